The molecule has 0 bridgehead atoms. The molecule has 326 valence electrons. The van der Waals surface area contributed by atoms with Crippen molar-refractivity contribution < 1.29 is 32.4 Å². The van der Waals surface area contributed by atoms with Gasteiger partial charge in [0.2, 0.25) is 23.6 Å². The minimum atomic E-state index is -4.24. The number of hydrogen-bond donors (Lipinski definition) is 4. The summed E-state index contributed by atoms with van der Waals surface area (Å²) in [5, 5.41) is 9.06. The first-order chi connectivity index (χ1) is 27.3. The molecule has 0 radical (unpaired) electrons. The van der Waals surface area contributed by atoms with E-state index in [0.717, 1.165) is 38.6 Å². The molecule has 5 fully saturated rings. The summed E-state index contributed by atoms with van der Waals surface area (Å²) in [4.78, 5) is 75.9. The minimum absolute atomic E-state index is 0.0410. The SMILES string of the molecule is C=C[C@@H]1C[C@]1(NC(=O)[C@@H]1C[C@@]2(CN1C(=O)[C@@H](NC(=O)[C@@H](NC(=O)[C@@H]1CCCCN1C(C)C)C(C)(C)C)C(C)(C)C)C(C)(C)C21CCC1)C(=O)NS(=O)(=O)c1ccccc1. The maximum atomic E-state index is 15.2. The summed E-state index contributed by atoms with van der Waals surface area (Å²) in [6.07, 6.45) is 7.72. The normalized spacial score (nSPS) is 29.5. The van der Waals surface area contributed by atoms with E-state index in [9.17, 15) is 27.6 Å². The summed E-state index contributed by atoms with van der Waals surface area (Å²) >= 11 is 0. The highest BCUT2D eigenvalue weighted by Crippen LogP contribution is 2.88. The van der Waals surface area contributed by atoms with E-state index in [2.05, 4.69) is 59.8 Å². The number of likely N-dealkylation sites (tertiary alicyclic amines) is 2. The Labute approximate surface area is 351 Å². The van der Waals surface area contributed by atoms with Crippen LogP contribution in [0.5, 0.6) is 0 Å². The Kier molecular flexibility index (Phi) is 11.6. The number of carbonyl (C=O) groups is 5. The molecule has 5 aliphatic rings. The first-order valence-electron chi connectivity index (χ1n) is 21.5. The monoisotopic (exact) mass is 836 g/mol. The van der Waals surface area contributed by atoms with Crippen LogP contribution >= 0.6 is 0 Å². The lowest BCUT2D eigenvalue weighted by Crippen LogP contribution is -2.64. The van der Waals surface area contributed by atoms with Crippen LogP contribution in [0.1, 0.15) is 121 Å². The van der Waals surface area contributed by atoms with Crippen molar-refractivity contribution in [2.75, 3.05) is 13.1 Å². The molecule has 2 aliphatic heterocycles. The second-order valence-corrected chi connectivity index (χ2v) is 22.7. The standard InChI is InChI=1S/C45H68N6O7S/c1-12-29-25-45(29,39(56)49-59(57,58)30-19-14-13-15-20-30)48-36(53)32-26-44(42(10,11)43(44)22-18-23-43)27-51(32)38(55)34(41(7,8)9)47-37(54)33(40(4,5)6)46-35(52)31-21-16-17-24-50(31)28(2)3/h12-15,19-20,28-29,31-34H,1,16-18,21-27H2,2-11H3,(H,46,52)(H,47,54)(H,48,53)(H,49,56)/t29-,31+,32+,33-,34-,44-,45-/m1/s1. The van der Waals surface area contributed by atoms with Crippen LogP contribution in [0.3, 0.4) is 0 Å². The van der Waals surface area contributed by atoms with Crippen LogP contribution in [-0.2, 0) is 34.0 Å². The predicted octanol–water partition coefficient (Wildman–Crippen LogP) is 4.67. The Morgan fingerprint density at radius 1 is 0.831 bits per heavy atom. The fraction of sp³-hybridized carbons (Fsp3) is 0.711. The fourth-order valence-electron chi connectivity index (χ4n) is 11.1. The van der Waals surface area contributed by atoms with Crippen molar-refractivity contribution in [3.05, 3.63) is 43.0 Å². The molecule has 1 aromatic carbocycles. The molecule has 14 heteroatoms. The van der Waals surface area contributed by atoms with Gasteiger partial charge in [-0.2, -0.15) is 0 Å². The van der Waals surface area contributed by atoms with Crippen LogP contribution in [0.25, 0.3) is 0 Å². The molecule has 2 heterocycles. The molecule has 0 aromatic heterocycles. The van der Waals surface area contributed by atoms with Crippen molar-refractivity contribution in [3.63, 3.8) is 0 Å². The molecule has 6 rings (SSSR count). The molecule has 1 aromatic rings. The summed E-state index contributed by atoms with van der Waals surface area (Å²) in [5.41, 5.74) is -3.65. The topological polar surface area (TPSA) is 174 Å². The first-order valence-corrected chi connectivity index (χ1v) is 23.0. The smallest absolute Gasteiger partial charge is 0.264 e. The lowest BCUT2D eigenvalue weighted by Gasteiger charge is -2.40. The van der Waals surface area contributed by atoms with Crippen LogP contribution in [0, 0.1) is 33.0 Å². The Morgan fingerprint density at radius 3 is 1.97 bits per heavy atom. The van der Waals surface area contributed by atoms with Crippen molar-refractivity contribution in [1.29, 1.82) is 0 Å². The third-order valence-electron chi connectivity index (χ3n) is 15.1. The Bertz CT molecular complexity index is 1970. The van der Waals surface area contributed by atoms with Gasteiger partial charge in [-0.05, 0) is 92.7 Å². The van der Waals surface area contributed by atoms with E-state index < -0.39 is 74.1 Å². The molecule has 59 heavy (non-hydrogen) atoms. The van der Waals surface area contributed by atoms with E-state index in [4.69, 9.17) is 0 Å². The molecule has 2 spiro atoms. The molecule has 13 nitrogen and oxygen atoms in total. The Balaban J connectivity index is 1.28. The number of hydrogen-bond acceptors (Lipinski definition) is 8. The van der Waals surface area contributed by atoms with Crippen molar-refractivity contribution in [1.82, 2.24) is 30.5 Å². The fourth-order valence-corrected chi connectivity index (χ4v) is 12.1. The van der Waals surface area contributed by atoms with Crippen molar-refractivity contribution in [3.8, 4) is 0 Å². The van der Waals surface area contributed by atoms with Gasteiger partial charge in [0.15, 0.2) is 0 Å². The van der Waals surface area contributed by atoms with E-state index in [1.165, 1.54) is 18.2 Å². The summed E-state index contributed by atoms with van der Waals surface area (Å²) in [7, 11) is -4.24. The summed E-state index contributed by atoms with van der Waals surface area (Å²) < 4.78 is 28.6. The van der Waals surface area contributed by atoms with Gasteiger partial charge in [0.1, 0.15) is 23.7 Å². The van der Waals surface area contributed by atoms with E-state index in [1.54, 1.807) is 23.1 Å². The van der Waals surface area contributed by atoms with Gasteiger partial charge in [-0.15, -0.1) is 6.58 Å². The molecule has 3 aliphatic carbocycles. The zero-order valence-corrected chi connectivity index (χ0v) is 37.7. The highest BCUT2D eigenvalue weighted by Gasteiger charge is 2.85. The largest absolute Gasteiger partial charge is 0.342 e. The molecule has 3 saturated carbocycles. The number of carbonyl (C=O) groups excluding carboxylic acids is 5. The molecular weight excluding hydrogens is 769 g/mol. The van der Waals surface area contributed by atoms with Crippen LogP contribution in [0.4, 0.5) is 0 Å². The van der Waals surface area contributed by atoms with Crippen LogP contribution < -0.4 is 20.7 Å². The second kappa shape index (κ2) is 15.3. The summed E-state index contributed by atoms with van der Waals surface area (Å²) in [5.74, 6) is -3.06. The van der Waals surface area contributed by atoms with E-state index >= 15 is 4.79 Å². The Morgan fingerprint density at radius 2 is 1.46 bits per heavy atom. The minimum Gasteiger partial charge on any atom is -0.342 e. The third-order valence-corrected chi connectivity index (χ3v) is 16.4. The van der Waals surface area contributed by atoms with Gasteiger partial charge >= 0.3 is 0 Å². The van der Waals surface area contributed by atoms with Crippen LogP contribution in [0.2, 0.25) is 0 Å². The molecule has 5 amide bonds. The zero-order chi connectivity index (χ0) is 43.7. The lowest BCUT2D eigenvalue weighted by atomic mass is 9.73. The summed E-state index contributed by atoms with van der Waals surface area (Å²) in [6, 6.07) is 4.33. The molecule has 7 atom stereocenters. The quantitative estimate of drug-likeness (QED) is 0.220. The number of nitrogens with one attached hydrogen (secondary N) is 4. The number of sulfonamides is 1. The molecule has 2 saturated heterocycles. The average molecular weight is 837 g/mol. The molecule has 0 unspecified atom stereocenters. The van der Waals surface area contributed by atoms with Gasteiger partial charge in [0.05, 0.1) is 10.9 Å². The van der Waals surface area contributed by atoms with Gasteiger partial charge in [0.25, 0.3) is 15.9 Å². The number of nitrogens with zero attached hydrogens (tertiary/aromatic N) is 2. The number of rotatable bonds is 12. The van der Waals surface area contributed by atoms with E-state index in [-0.39, 0.29) is 45.6 Å². The van der Waals surface area contributed by atoms with Crippen molar-refractivity contribution in [2.45, 2.75) is 161 Å². The van der Waals surface area contributed by atoms with Gasteiger partial charge < -0.3 is 20.9 Å². The van der Waals surface area contributed by atoms with Crippen molar-refractivity contribution in [2.24, 2.45) is 33.0 Å². The number of benzene rings is 1. The van der Waals surface area contributed by atoms with Gasteiger partial charge in [-0.25, -0.2) is 13.1 Å². The highest BCUT2D eigenvalue weighted by molar-refractivity contribution is 7.90. The van der Waals surface area contributed by atoms with Crippen molar-refractivity contribution >= 4 is 39.6 Å². The zero-order valence-electron chi connectivity index (χ0n) is 36.9. The third kappa shape index (κ3) is 7.63. The van der Waals surface area contributed by atoms with E-state index in [1.807, 2.05) is 41.5 Å². The number of amides is 5. The van der Waals surface area contributed by atoms with Gasteiger partial charge in [-0.3, -0.25) is 28.9 Å². The molecule has 4 N–H and O–H groups in total. The number of piperidine rings is 1. The van der Waals surface area contributed by atoms with Crippen LogP contribution in [0.15, 0.2) is 47.9 Å². The second-order valence-electron chi connectivity index (χ2n) is 21.0. The maximum Gasteiger partial charge on any atom is 0.264 e. The van der Waals surface area contributed by atoms with Crippen LogP contribution in [-0.4, -0.2) is 96.6 Å². The summed E-state index contributed by atoms with van der Waals surface area (Å²) in [6.45, 7) is 24.8. The first kappa shape index (κ1) is 44.8. The number of fused-ring (bicyclic) bond motifs is 1. The predicted molar refractivity (Wildman–Crippen MR) is 226 cm³/mol. The Hall–Kier alpha value is -3.78. The van der Waals surface area contributed by atoms with E-state index in [0.29, 0.717) is 19.4 Å². The lowest BCUT2D eigenvalue weighted by molar-refractivity contribution is -0.145. The maximum absolute atomic E-state index is 15.2. The average Bonchev–Trinajstić information content (AvgIpc) is 3.86. The highest BCUT2D eigenvalue weighted by atomic mass is 32.2. The van der Waals surface area contributed by atoms with Gasteiger partial charge in [0, 0.05) is 23.9 Å². The van der Waals surface area contributed by atoms with Gasteiger partial charge in [-0.1, -0.05) is 92.5 Å². The molecular formula is C45H68N6O7S.